The summed E-state index contributed by atoms with van der Waals surface area (Å²) in [6, 6.07) is 14.3. The highest BCUT2D eigenvalue weighted by molar-refractivity contribution is 7.80. The Kier molecular flexibility index (Phi) is 7.31. The van der Waals surface area contributed by atoms with E-state index in [4.69, 9.17) is 40.2 Å². The Balaban J connectivity index is 1.61. The summed E-state index contributed by atoms with van der Waals surface area (Å²) in [5.41, 5.74) is 3.18. The summed E-state index contributed by atoms with van der Waals surface area (Å²) >= 11 is 17.4. The molecule has 0 unspecified atom stereocenters. The number of benzene rings is 2. The fourth-order valence-electron chi connectivity index (χ4n) is 2.72. The number of aromatic nitrogens is 2. The SMILES string of the molecule is CCOC(=O)c1ccc(NC(=S)Nc2cc(C)n(Cc3ccc(Cl)c(Cl)c3)n2)cc1. The van der Waals surface area contributed by atoms with Crippen molar-refractivity contribution >= 4 is 58.0 Å². The van der Waals surface area contributed by atoms with Crippen LogP contribution in [0, 0.1) is 6.92 Å². The van der Waals surface area contributed by atoms with Gasteiger partial charge in [0.05, 0.1) is 28.8 Å². The van der Waals surface area contributed by atoms with Gasteiger partial charge in [0.25, 0.3) is 0 Å². The van der Waals surface area contributed by atoms with E-state index in [1.807, 2.05) is 29.8 Å². The van der Waals surface area contributed by atoms with Gasteiger partial charge in [0.2, 0.25) is 0 Å². The van der Waals surface area contributed by atoms with Gasteiger partial charge in [-0.05, 0) is 68.0 Å². The fourth-order valence-corrected chi connectivity index (χ4v) is 3.27. The van der Waals surface area contributed by atoms with Crippen LogP contribution in [0.2, 0.25) is 10.0 Å². The Labute approximate surface area is 190 Å². The van der Waals surface area contributed by atoms with Gasteiger partial charge in [0, 0.05) is 17.4 Å². The summed E-state index contributed by atoms with van der Waals surface area (Å²) in [4.78, 5) is 11.7. The predicted octanol–water partition coefficient (Wildman–Crippen LogP) is 5.53. The minimum atomic E-state index is -0.354. The number of hydrogen-bond acceptors (Lipinski definition) is 4. The molecular weight excluding hydrogens is 443 g/mol. The van der Waals surface area contributed by atoms with Gasteiger partial charge >= 0.3 is 5.97 Å². The van der Waals surface area contributed by atoms with Crippen molar-refractivity contribution in [3.8, 4) is 0 Å². The average molecular weight is 463 g/mol. The van der Waals surface area contributed by atoms with Crippen LogP contribution in [0.15, 0.2) is 48.5 Å². The minimum absolute atomic E-state index is 0.337. The summed E-state index contributed by atoms with van der Waals surface area (Å²) < 4.78 is 6.82. The molecule has 2 aromatic carbocycles. The first-order chi connectivity index (χ1) is 14.4. The first-order valence-corrected chi connectivity index (χ1v) is 10.4. The van der Waals surface area contributed by atoms with Crippen LogP contribution in [0.4, 0.5) is 11.5 Å². The monoisotopic (exact) mass is 462 g/mol. The van der Waals surface area contributed by atoms with E-state index in [0.29, 0.717) is 39.7 Å². The summed E-state index contributed by atoms with van der Waals surface area (Å²) in [6.07, 6.45) is 0. The maximum absolute atomic E-state index is 11.7. The zero-order chi connectivity index (χ0) is 21.7. The highest BCUT2D eigenvalue weighted by Crippen LogP contribution is 2.23. The van der Waals surface area contributed by atoms with E-state index in [1.165, 1.54) is 0 Å². The van der Waals surface area contributed by atoms with Gasteiger partial charge in [-0.1, -0.05) is 29.3 Å². The van der Waals surface area contributed by atoms with E-state index in [9.17, 15) is 4.79 Å². The Bertz CT molecular complexity index is 1070. The van der Waals surface area contributed by atoms with Crippen LogP contribution < -0.4 is 10.6 Å². The minimum Gasteiger partial charge on any atom is -0.462 e. The number of ether oxygens (including phenoxy) is 1. The maximum Gasteiger partial charge on any atom is 0.338 e. The molecule has 0 aliphatic carbocycles. The summed E-state index contributed by atoms with van der Waals surface area (Å²) in [5, 5.41) is 12.1. The number of halogens is 2. The van der Waals surface area contributed by atoms with Crippen molar-refractivity contribution in [2.45, 2.75) is 20.4 Å². The van der Waals surface area contributed by atoms with Crippen LogP contribution in [0.1, 0.15) is 28.5 Å². The van der Waals surface area contributed by atoms with Gasteiger partial charge in [-0.2, -0.15) is 5.10 Å². The molecule has 0 aliphatic rings. The van der Waals surface area contributed by atoms with Crippen molar-refractivity contribution in [1.29, 1.82) is 0 Å². The number of rotatable bonds is 6. The van der Waals surface area contributed by atoms with Crippen molar-refractivity contribution in [3.63, 3.8) is 0 Å². The number of nitrogens with zero attached hydrogens (tertiary/aromatic N) is 2. The number of nitrogens with one attached hydrogen (secondary N) is 2. The second kappa shape index (κ2) is 9.93. The van der Waals surface area contributed by atoms with Gasteiger partial charge in [0.15, 0.2) is 10.9 Å². The summed E-state index contributed by atoms with van der Waals surface area (Å²) in [7, 11) is 0. The lowest BCUT2D eigenvalue weighted by Crippen LogP contribution is -2.19. The number of carbonyl (C=O) groups is 1. The second-order valence-corrected chi connectivity index (χ2v) is 7.68. The van der Waals surface area contributed by atoms with E-state index >= 15 is 0 Å². The first-order valence-electron chi connectivity index (χ1n) is 9.19. The van der Waals surface area contributed by atoms with Crippen LogP contribution in [-0.2, 0) is 11.3 Å². The number of thiocarbonyl (C=S) groups is 1. The van der Waals surface area contributed by atoms with Crippen molar-refractivity contribution in [3.05, 3.63) is 75.4 Å². The number of carbonyl (C=O) groups excluding carboxylic acids is 1. The molecule has 6 nitrogen and oxygen atoms in total. The van der Waals surface area contributed by atoms with Gasteiger partial charge in [-0.3, -0.25) is 4.68 Å². The largest absolute Gasteiger partial charge is 0.462 e. The fraction of sp³-hybridized carbons (Fsp3) is 0.190. The molecule has 0 bridgehead atoms. The molecule has 9 heteroatoms. The normalized spacial score (nSPS) is 10.5. The van der Waals surface area contributed by atoms with Gasteiger partial charge in [-0.25, -0.2) is 4.79 Å². The van der Waals surface area contributed by atoms with E-state index in [0.717, 1.165) is 16.9 Å². The average Bonchev–Trinajstić information content (AvgIpc) is 3.04. The van der Waals surface area contributed by atoms with Gasteiger partial charge in [-0.15, -0.1) is 0 Å². The molecule has 0 spiro atoms. The quantitative estimate of drug-likeness (QED) is 0.370. The van der Waals surface area contributed by atoms with Crippen molar-refractivity contribution < 1.29 is 9.53 Å². The molecule has 1 aromatic heterocycles. The van der Waals surface area contributed by atoms with Gasteiger partial charge < -0.3 is 15.4 Å². The van der Waals surface area contributed by atoms with Crippen molar-refractivity contribution in [2.24, 2.45) is 0 Å². The molecule has 0 atom stereocenters. The summed E-state index contributed by atoms with van der Waals surface area (Å²) in [6.45, 7) is 4.62. The zero-order valence-electron chi connectivity index (χ0n) is 16.4. The molecule has 0 aliphatic heterocycles. The molecule has 3 aromatic rings. The topological polar surface area (TPSA) is 68.2 Å². The van der Waals surface area contributed by atoms with E-state index in [2.05, 4.69) is 15.7 Å². The molecule has 0 saturated carbocycles. The molecule has 0 amide bonds. The zero-order valence-corrected chi connectivity index (χ0v) is 18.7. The Hall–Kier alpha value is -2.61. The van der Waals surface area contributed by atoms with Crippen LogP contribution in [-0.4, -0.2) is 27.5 Å². The lowest BCUT2D eigenvalue weighted by molar-refractivity contribution is 0.0526. The maximum atomic E-state index is 11.7. The van der Waals surface area contributed by atoms with E-state index in [-0.39, 0.29) is 5.97 Å². The lowest BCUT2D eigenvalue weighted by Gasteiger charge is -2.09. The number of aryl methyl sites for hydroxylation is 1. The predicted molar refractivity (Wildman–Crippen MR) is 125 cm³/mol. The number of esters is 1. The van der Waals surface area contributed by atoms with E-state index < -0.39 is 0 Å². The van der Waals surface area contributed by atoms with Crippen LogP contribution in [0.3, 0.4) is 0 Å². The molecule has 2 N–H and O–H groups in total. The molecule has 0 saturated heterocycles. The molecule has 156 valence electrons. The van der Waals surface area contributed by atoms with Crippen LogP contribution in [0.5, 0.6) is 0 Å². The molecule has 0 fully saturated rings. The smallest absolute Gasteiger partial charge is 0.338 e. The molecule has 3 rings (SSSR count). The van der Waals surface area contributed by atoms with Crippen molar-refractivity contribution in [2.75, 3.05) is 17.2 Å². The van der Waals surface area contributed by atoms with Gasteiger partial charge in [0.1, 0.15) is 0 Å². The number of hydrogen-bond donors (Lipinski definition) is 2. The second-order valence-electron chi connectivity index (χ2n) is 6.45. The molecule has 1 heterocycles. The molecule has 30 heavy (non-hydrogen) atoms. The van der Waals surface area contributed by atoms with E-state index in [1.54, 1.807) is 37.3 Å². The first kappa shape index (κ1) is 22.1. The Morgan fingerprint density at radius 1 is 1.10 bits per heavy atom. The molecule has 0 radical (unpaired) electrons. The Morgan fingerprint density at radius 3 is 2.50 bits per heavy atom. The lowest BCUT2D eigenvalue weighted by atomic mass is 10.2. The third kappa shape index (κ3) is 5.72. The highest BCUT2D eigenvalue weighted by Gasteiger charge is 2.09. The van der Waals surface area contributed by atoms with Crippen molar-refractivity contribution in [1.82, 2.24) is 9.78 Å². The van der Waals surface area contributed by atoms with Crippen LogP contribution >= 0.6 is 35.4 Å². The third-order valence-corrected chi connectivity index (χ3v) is 5.14. The summed E-state index contributed by atoms with van der Waals surface area (Å²) in [5.74, 6) is 0.265. The van der Waals surface area contributed by atoms with Crippen LogP contribution in [0.25, 0.3) is 0 Å². The number of anilines is 2. The Morgan fingerprint density at radius 2 is 1.83 bits per heavy atom. The highest BCUT2D eigenvalue weighted by atomic mass is 35.5. The third-order valence-electron chi connectivity index (χ3n) is 4.19. The molecular formula is C21H20Cl2N4O2S. The standard InChI is InChI=1S/C21H20Cl2N4O2S/c1-3-29-20(28)15-5-7-16(8-6-15)24-21(30)25-19-10-13(2)27(26-19)12-14-4-9-17(22)18(23)11-14/h4-11H,3,12H2,1-2H3,(H2,24,25,26,30).